The molecule has 2 heterocycles. The highest BCUT2D eigenvalue weighted by molar-refractivity contribution is 7.23. The van der Waals surface area contributed by atoms with E-state index in [2.05, 4.69) is 16.5 Å². The number of imidazole rings is 1. The van der Waals surface area contributed by atoms with Crippen molar-refractivity contribution >= 4 is 32.8 Å². The summed E-state index contributed by atoms with van der Waals surface area (Å²) in [4.78, 5) is 17.0. The number of fused-ring (bicyclic) bond motifs is 3. The first-order valence-corrected chi connectivity index (χ1v) is 9.70. The van der Waals surface area contributed by atoms with Gasteiger partial charge in [0.05, 0.1) is 28.7 Å². The Morgan fingerprint density at radius 2 is 1.64 bits per heavy atom. The summed E-state index contributed by atoms with van der Waals surface area (Å²) < 4.78 is 8.69. The molecule has 0 aliphatic heterocycles. The van der Waals surface area contributed by atoms with Gasteiger partial charge in [-0.3, -0.25) is 9.20 Å². The van der Waals surface area contributed by atoms with Crippen LogP contribution in [-0.4, -0.2) is 22.8 Å². The van der Waals surface area contributed by atoms with Crippen LogP contribution in [0.1, 0.15) is 10.4 Å². The number of ether oxygens (including phenoxy) is 1. The summed E-state index contributed by atoms with van der Waals surface area (Å²) in [7, 11) is 1.66. The minimum absolute atomic E-state index is 0.658. The van der Waals surface area contributed by atoms with Crippen LogP contribution < -0.4 is 4.74 Å². The topological polar surface area (TPSA) is 43.6 Å². The molecule has 0 fully saturated rings. The molecule has 0 amide bonds. The van der Waals surface area contributed by atoms with Crippen molar-refractivity contribution in [1.82, 2.24) is 9.38 Å². The Morgan fingerprint density at radius 3 is 2.36 bits per heavy atom. The van der Waals surface area contributed by atoms with Crippen molar-refractivity contribution in [3.8, 4) is 28.3 Å². The Labute approximate surface area is 165 Å². The fourth-order valence-corrected chi connectivity index (χ4v) is 4.48. The molecule has 0 saturated heterocycles. The molecule has 0 saturated carbocycles. The number of thiazole rings is 1. The number of aldehydes is 1. The number of hydrogen-bond donors (Lipinski definition) is 0. The van der Waals surface area contributed by atoms with Crippen molar-refractivity contribution in [1.29, 1.82) is 0 Å². The minimum atomic E-state index is 0.658. The first kappa shape index (κ1) is 16.7. The highest BCUT2D eigenvalue weighted by atomic mass is 32.1. The zero-order chi connectivity index (χ0) is 19.1. The van der Waals surface area contributed by atoms with Crippen molar-refractivity contribution in [2.75, 3.05) is 7.11 Å². The van der Waals surface area contributed by atoms with Crippen molar-refractivity contribution < 1.29 is 9.53 Å². The maximum absolute atomic E-state index is 11.1. The van der Waals surface area contributed by atoms with Crippen LogP contribution in [0, 0.1) is 0 Å². The number of aromatic nitrogens is 2. The molecule has 0 aliphatic carbocycles. The maximum Gasteiger partial charge on any atom is 0.195 e. The van der Waals surface area contributed by atoms with Gasteiger partial charge in [0.15, 0.2) is 4.96 Å². The number of methoxy groups -OCH3 is 1. The molecular weight excluding hydrogens is 368 g/mol. The highest BCUT2D eigenvalue weighted by Gasteiger charge is 2.19. The van der Waals surface area contributed by atoms with E-state index in [1.807, 2.05) is 60.7 Å². The number of nitrogens with zero attached hydrogens (tertiary/aromatic N) is 2. The molecule has 4 nitrogen and oxygen atoms in total. The number of carbonyl (C=O) groups is 1. The Morgan fingerprint density at radius 1 is 0.929 bits per heavy atom. The van der Waals surface area contributed by atoms with Gasteiger partial charge in [-0.25, -0.2) is 4.98 Å². The van der Waals surface area contributed by atoms with Crippen LogP contribution in [0.3, 0.4) is 0 Å². The predicted octanol–water partition coefficient (Wildman–Crippen LogP) is 5.70. The maximum atomic E-state index is 11.1. The van der Waals surface area contributed by atoms with Gasteiger partial charge in [0.1, 0.15) is 12.0 Å². The van der Waals surface area contributed by atoms with Crippen LogP contribution in [-0.2, 0) is 0 Å². The van der Waals surface area contributed by atoms with E-state index in [0.29, 0.717) is 5.56 Å². The Hall–Kier alpha value is -3.44. The first-order valence-electron chi connectivity index (χ1n) is 8.88. The zero-order valence-corrected chi connectivity index (χ0v) is 15.9. The summed E-state index contributed by atoms with van der Waals surface area (Å²) in [5.74, 6) is 0.812. The average molecular weight is 384 g/mol. The Bertz CT molecular complexity index is 1300. The molecule has 0 bridgehead atoms. The predicted molar refractivity (Wildman–Crippen MR) is 113 cm³/mol. The molecule has 0 spiro atoms. The Kier molecular flexibility index (Phi) is 3.95. The molecular formula is C23H16N2O2S. The van der Waals surface area contributed by atoms with Crippen molar-refractivity contribution in [2.24, 2.45) is 0 Å². The largest absolute Gasteiger partial charge is 0.497 e. The van der Waals surface area contributed by atoms with Crippen LogP contribution >= 0.6 is 11.3 Å². The van der Waals surface area contributed by atoms with Crippen LogP contribution in [0.5, 0.6) is 5.75 Å². The molecule has 136 valence electrons. The molecule has 0 N–H and O–H groups in total. The van der Waals surface area contributed by atoms with Gasteiger partial charge in [0.2, 0.25) is 0 Å². The Balaban J connectivity index is 1.82. The minimum Gasteiger partial charge on any atom is -0.497 e. The third-order valence-corrected chi connectivity index (χ3v) is 5.86. The van der Waals surface area contributed by atoms with Gasteiger partial charge < -0.3 is 4.74 Å². The normalized spacial score (nSPS) is 11.2. The summed E-state index contributed by atoms with van der Waals surface area (Å²) >= 11 is 1.67. The summed E-state index contributed by atoms with van der Waals surface area (Å²) in [5, 5.41) is 0. The van der Waals surface area contributed by atoms with Gasteiger partial charge in [-0.1, -0.05) is 47.7 Å². The van der Waals surface area contributed by atoms with E-state index in [1.54, 1.807) is 18.4 Å². The van der Waals surface area contributed by atoms with Crippen LogP contribution in [0.25, 0.3) is 37.7 Å². The molecule has 5 aromatic rings. The van der Waals surface area contributed by atoms with E-state index in [-0.39, 0.29) is 0 Å². The van der Waals surface area contributed by atoms with Crippen molar-refractivity contribution in [2.45, 2.75) is 0 Å². The summed E-state index contributed by atoms with van der Waals surface area (Å²) in [6, 6.07) is 23.9. The highest BCUT2D eigenvalue weighted by Crippen LogP contribution is 2.38. The third kappa shape index (κ3) is 2.60. The number of para-hydroxylation sites is 1. The quantitative estimate of drug-likeness (QED) is 0.373. The molecule has 5 rings (SSSR count). The molecule has 0 radical (unpaired) electrons. The van der Waals surface area contributed by atoms with E-state index in [0.717, 1.165) is 45.0 Å². The second kappa shape index (κ2) is 6.62. The summed E-state index contributed by atoms with van der Waals surface area (Å²) in [6.45, 7) is 0. The lowest BCUT2D eigenvalue weighted by Crippen LogP contribution is -1.90. The second-order valence-electron chi connectivity index (χ2n) is 6.47. The fourth-order valence-electron chi connectivity index (χ4n) is 3.45. The average Bonchev–Trinajstić information content (AvgIpc) is 3.30. The number of hydrogen-bond acceptors (Lipinski definition) is 4. The lowest BCUT2D eigenvalue weighted by molar-refractivity contribution is 0.112. The van der Waals surface area contributed by atoms with E-state index >= 15 is 0 Å². The van der Waals surface area contributed by atoms with Gasteiger partial charge in [-0.05, 0) is 36.4 Å². The zero-order valence-electron chi connectivity index (χ0n) is 15.1. The van der Waals surface area contributed by atoms with E-state index in [4.69, 9.17) is 9.72 Å². The van der Waals surface area contributed by atoms with E-state index in [9.17, 15) is 4.79 Å². The smallest absolute Gasteiger partial charge is 0.195 e. The van der Waals surface area contributed by atoms with E-state index in [1.165, 1.54) is 4.70 Å². The van der Waals surface area contributed by atoms with E-state index < -0.39 is 0 Å². The van der Waals surface area contributed by atoms with Crippen LogP contribution in [0.15, 0.2) is 72.8 Å². The first-order chi connectivity index (χ1) is 13.8. The monoisotopic (exact) mass is 384 g/mol. The molecule has 2 aromatic heterocycles. The standard InChI is InChI=1S/C23H16N2O2S/c1-27-18-12-10-16(11-13-18)21-22(17-8-6-15(14-26)7-9-17)25-19-4-2-3-5-20(19)28-23(25)24-21/h2-14H,1H3. The van der Waals surface area contributed by atoms with Gasteiger partial charge >= 0.3 is 0 Å². The van der Waals surface area contributed by atoms with Gasteiger partial charge in [-0.15, -0.1) is 0 Å². The second-order valence-corrected chi connectivity index (χ2v) is 7.47. The fraction of sp³-hybridized carbons (Fsp3) is 0.0435. The van der Waals surface area contributed by atoms with Crippen LogP contribution in [0.4, 0.5) is 0 Å². The molecule has 0 atom stereocenters. The number of rotatable bonds is 4. The molecule has 28 heavy (non-hydrogen) atoms. The summed E-state index contributed by atoms with van der Waals surface area (Å²) in [5.41, 5.74) is 5.77. The number of carbonyl (C=O) groups excluding carboxylic acids is 1. The molecule has 3 aromatic carbocycles. The lowest BCUT2D eigenvalue weighted by atomic mass is 10.0. The summed E-state index contributed by atoms with van der Waals surface area (Å²) in [6.07, 6.45) is 0.861. The molecule has 5 heteroatoms. The third-order valence-electron chi connectivity index (χ3n) is 4.84. The molecule has 0 unspecified atom stereocenters. The molecule has 0 aliphatic rings. The van der Waals surface area contributed by atoms with Gasteiger partial charge in [0.25, 0.3) is 0 Å². The SMILES string of the molecule is COc1ccc(-c2nc3sc4ccccc4n3c2-c2ccc(C=O)cc2)cc1. The lowest BCUT2D eigenvalue weighted by Gasteiger charge is -2.07. The number of benzene rings is 3. The van der Waals surface area contributed by atoms with Gasteiger partial charge in [0, 0.05) is 16.7 Å². The van der Waals surface area contributed by atoms with Gasteiger partial charge in [-0.2, -0.15) is 0 Å². The van der Waals surface area contributed by atoms with Crippen molar-refractivity contribution in [3.63, 3.8) is 0 Å². The van der Waals surface area contributed by atoms with Crippen molar-refractivity contribution in [3.05, 3.63) is 78.4 Å². The van der Waals surface area contributed by atoms with Crippen LogP contribution in [0.2, 0.25) is 0 Å².